The van der Waals surface area contributed by atoms with Crippen LogP contribution in [0.3, 0.4) is 0 Å². The van der Waals surface area contributed by atoms with Crippen LogP contribution in [0.15, 0.2) is 12.5 Å². The second kappa shape index (κ2) is 9.81. The summed E-state index contributed by atoms with van der Waals surface area (Å²) in [5.41, 5.74) is 0.772. The fraction of sp³-hybridized carbons (Fsp3) is 0.619. The van der Waals surface area contributed by atoms with Crippen molar-refractivity contribution >= 4 is 23.0 Å². The lowest BCUT2D eigenvalue weighted by Crippen LogP contribution is -2.33. The standard InChI is InChI=1S/C21H28N8O6/c1-2-34-20(33)12-8-29(27-26-12)21-24-17(23-11-6-4-3-5-7-11)14-18(25-21)28(10-22-14)19-16(32)15(31)13(9-30)35-19/h8,10-11,13,15-16,19,30-32H,2-7,9H2,1H3,(H,23,24,25). The fourth-order valence-corrected chi connectivity index (χ4v) is 4.50. The zero-order chi connectivity index (χ0) is 24.5. The molecule has 4 atom stereocenters. The maximum atomic E-state index is 12.1. The Balaban J connectivity index is 1.57. The molecule has 14 heteroatoms. The van der Waals surface area contributed by atoms with Crippen molar-refractivity contribution in [1.29, 1.82) is 0 Å². The molecule has 0 amide bonds. The van der Waals surface area contributed by atoms with E-state index in [-0.39, 0.29) is 24.3 Å². The van der Waals surface area contributed by atoms with Gasteiger partial charge in [0.1, 0.15) is 18.3 Å². The molecule has 3 aromatic heterocycles. The minimum Gasteiger partial charge on any atom is -0.461 e. The zero-order valence-corrected chi connectivity index (χ0v) is 19.2. The number of imidazole rings is 1. The van der Waals surface area contributed by atoms with Gasteiger partial charge in [0.2, 0.25) is 0 Å². The molecule has 2 fully saturated rings. The van der Waals surface area contributed by atoms with Crippen LogP contribution in [0.1, 0.15) is 55.7 Å². The lowest BCUT2D eigenvalue weighted by molar-refractivity contribution is -0.0511. The minimum atomic E-state index is -1.31. The topological polar surface area (TPSA) is 183 Å². The SMILES string of the molecule is CCOC(=O)c1cn(-c2nc(NC3CCCCC3)c3ncn(C4OC(CO)C(O)C4O)c3n2)nn1. The van der Waals surface area contributed by atoms with E-state index in [9.17, 15) is 20.1 Å². The largest absolute Gasteiger partial charge is 0.461 e. The molecule has 1 aliphatic carbocycles. The van der Waals surface area contributed by atoms with Gasteiger partial charge in [-0.05, 0) is 19.8 Å². The quantitative estimate of drug-likeness (QED) is 0.326. The van der Waals surface area contributed by atoms with Crippen LogP contribution in [0, 0.1) is 0 Å². The van der Waals surface area contributed by atoms with Crippen LogP contribution < -0.4 is 5.32 Å². The number of fused-ring (bicyclic) bond motifs is 1. The first kappa shape index (κ1) is 23.5. The third kappa shape index (κ3) is 4.45. The second-order valence-corrected chi connectivity index (χ2v) is 8.67. The van der Waals surface area contributed by atoms with Crippen LogP contribution >= 0.6 is 0 Å². The predicted molar refractivity (Wildman–Crippen MR) is 120 cm³/mol. The number of esters is 1. The van der Waals surface area contributed by atoms with Crippen LogP contribution in [0.25, 0.3) is 17.1 Å². The van der Waals surface area contributed by atoms with E-state index < -0.39 is 37.1 Å². The van der Waals surface area contributed by atoms with Gasteiger partial charge in [-0.1, -0.05) is 24.5 Å². The number of nitrogens with zero attached hydrogens (tertiary/aromatic N) is 7. The van der Waals surface area contributed by atoms with E-state index in [1.54, 1.807) is 6.92 Å². The highest BCUT2D eigenvalue weighted by molar-refractivity contribution is 5.87. The van der Waals surface area contributed by atoms with Crippen molar-refractivity contribution in [2.45, 2.75) is 69.6 Å². The van der Waals surface area contributed by atoms with Gasteiger partial charge in [-0.3, -0.25) is 4.57 Å². The lowest BCUT2D eigenvalue weighted by atomic mass is 9.95. The molecule has 2 aliphatic rings. The van der Waals surface area contributed by atoms with E-state index in [1.807, 2.05) is 0 Å². The Morgan fingerprint density at radius 2 is 2.03 bits per heavy atom. The molecule has 0 aromatic carbocycles. The maximum absolute atomic E-state index is 12.1. The summed E-state index contributed by atoms with van der Waals surface area (Å²) >= 11 is 0. The Hall–Kier alpha value is -3.20. The molecule has 4 heterocycles. The van der Waals surface area contributed by atoms with Crippen molar-refractivity contribution in [2.24, 2.45) is 0 Å². The number of hydrogen-bond acceptors (Lipinski definition) is 12. The lowest BCUT2D eigenvalue weighted by Gasteiger charge is -2.23. The Morgan fingerprint density at radius 3 is 2.74 bits per heavy atom. The van der Waals surface area contributed by atoms with Gasteiger partial charge in [-0.15, -0.1) is 5.10 Å². The van der Waals surface area contributed by atoms with Gasteiger partial charge < -0.3 is 30.1 Å². The Labute approximate surface area is 199 Å². The third-order valence-electron chi connectivity index (χ3n) is 6.33. The normalized spacial score (nSPS) is 25.3. The molecule has 1 aliphatic heterocycles. The third-order valence-corrected chi connectivity index (χ3v) is 6.33. The highest BCUT2D eigenvalue weighted by Crippen LogP contribution is 2.33. The van der Waals surface area contributed by atoms with E-state index in [4.69, 9.17) is 9.47 Å². The number of anilines is 1. The summed E-state index contributed by atoms with van der Waals surface area (Å²) in [6.07, 6.45) is 3.67. The number of aromatic nitrogens is 7. The van der Waals surface area contributed by atoms with Crippen molar-refractivity contribution in [2.75, 3.05) is 18.5 Å². The summed E-state index contributed by atoms with van der Waals surface area (Å²) in [5, 5.41) is 41.5. The van der Waals surface area contributed by atoms with Crippen molar-refractivity contribution in [3.05, 3.63) is 18.2 Å². The summed E-state index contributed by atoms with van der Waals surface area (Å²) in [5.74, 6) is -0.0279. The second-order valence-electron chi connectivity index (χ2n) is 8.67. The molecule has 188 valence electrons. The molecule has 1 saturated carbocycles. The molecule has 0 radical (unpaired) electrons. The Bertz CT molecular complexity index is 1190. The molecular weight excluding hydrogens is 460 g/mol. The average molecular weight is 489 g/mol. The minimum absolute atomic E-state index is 0.00861. The highest BCUT2D eigenvalue weighted by Gasteiger charge is 2.44. The fourth-order valence-electron chi connectivity index (χ4n) is 4.50. The van der Waals surface area contributed by atoms with Gasteiger partial charge in [0, 0.05) is 6.04 Å². The number of hydrogen-bond donors (Lipinski definition) is 4. The van der Waals surface area contributed by atoms with Crippen molar-refractivity contribution in [1.82, 2.24) is 34.5 Å². The number of aliphatic hydroxyl groups is 3. The van der Waals surface area contributed by atoms with Crippen LogP contribution in [-0.2, 0) is 9.47 Å². The van der Waals surface area contributed by atoms with Gasteiger partial charge in [0.15, 0.2) is 28.9 Å². The van der Waals surface area contributed by atoms with Crippen molar-refractivity contribution in [3.8, 4) is 5.95 Å². The number of aliphatic hydroxyl groups excluding tert-OH is 3. The number of carbonyl (C=O) groups excluding carboxylic acids is 1. The van der Waals surface area contributed by atoms with Gasteiger partial charge >= 0.3 is 5.97 Å². The molecule has 5 rings (SSSR count). The number of carbonyl (C=O) groups is 1. The molecule has 0 spiro atoms. The van der Waals surface area contributed by atoms with Crippen molar-refractivity contribution < 1.29 is 29.6 Å². The molecule has 4 N–H and O–H groups in total. The summed E-state index contributed by atoms with van der Waals surface area (Å²) in [6.45, 7) is 1.44. The number of nitrogens with one attached hydrogen (secondary N) is 1. The van der Waals surface area contributed by atoms with E-state index in [0.717, 1.165) is 25.7 Å². The first-order valence-corrected chi connectivity index (χ1v) is 11.7. The maximum Gasteiger partial charge on any atom is 0.360 e. The molecule has 1 saturated heterocycles. The van der Waals surface area contributed by atoms with Crippen LogP contribution in [0.4, 0.5) is 5.82 Å². The first-order valence-electron chi connectivity index (χ1n) is 11.7. The molecule has 35 heavy (non-hydrogen) atoms. The van der Waals surface area contributed by atoms with E-state index in [0.29, 0.717) is 17.0 Å². The summed E-state index contributed by atoms with van der Waals surface area (Å²) in [6, 6.07) is 0.208. The average Bonchev–Trinajstić information content (AvgIpc) is 3.58. The molecular formula is C21H28N8O6. The summed E-state index contributed by atoms with van der Waals surface area (Å²) < 4.78 is 13.4. The highest BCUT2D eigenvalue weighted by atomic mass is 16.6. The van der Waals surface area contributed by atoms with E-state index >= 15 is 0 Å². The first-order chi connectivity index (χ1) is 17.0. The van der Waals surface area contributed by atoms with Crippen LogP contribution in [-0.4, -0.2) is 93.4 Å². The van der Waals surface area contributed by atoms with Crippen LogP contribution in [0.2, 0.25) is 0 Å². The molecule has 3 aromatic rings. The van der Waals surface area contributed by atoms with Gasteiger partial charge in [0.05, 0.1) is 25.7 Å². The van der Waals surface area contributed by atoms with Gasteiger partial charge in [-0.25, -0.2) is 9.78 Å². The number of ether oxygens (including phenoxy) is 2. The zero-order valence-electron chi connectivity index (χ0n) is 19.2. The Kier molecular flexibility index (Phi) is 6.60. The monoisotopic (exact) mass is 488 g/mol. The predicted octanol–water partition coefficient (Wildman–Crippen LogP) is -0.0602. The van der Waals surface area contributed by atoms with Gasteiger partial charge in [0.25, 0.3) is 5.95 Å². The van der Waals surface area contributed by atoms with Crippen LogP contribution in [0.5, 0.6) is 0 Å². The van der Waals surface area contributed by atoms with Gasteiger partial charge in [-0.2, -0.15) is 14.6 Å². The number of rotatable bonds is 7. The Morgan fingerprint density at radius 1 is 1.23 bits per heavy atom. The summed E-state index contributed by atoms with van der Waals surface area (Å²) in [4.78, 5) is 25.7. The molecule has 4 unspecified atom stereocenters. The summed E-state index contributed by atoms with van der Waals surface area (Å²) in [7, 11) is 0. The van der Waals surface area contributed by atoms with E-state index in [1.165, 1.54) is 28.2 Å². The van der Waals surface area contributed by atoms with E-state index in [2.05, 4.69) is 30.6 Å². The molecule has 14 nitrogen and oxygen atoms in total. The molecule has 0 bridgehead atoms. The van der Waals surface area contributed by atoms with Crippen molar-refractivity contribution in [3.63, 3.8) is 0 Å². The smallest absolute Gasteiger partial charge is 0.360 e.